The van der Waals surface area contributed by atoms with E-state index in [1.54, 1.807) is 0 Å². The van der Waals surface area contributed by atoms with Gasteiger partial charge in [-0.3, -0.25) is 19.7 Å². The van der Waals surface area contributed by atoms with Gasteiger partial charge in [-0.15, -0.1) is 0 Å². The number of carbonyl (C=O) groups excluding carboxylic acids is 3. The fourth-order valence-corrected chi connectivity index (χ4v) is 1.35. The molecular weight excluding hydrogens is 232 g/mol. The summed E-state index contributed by atoms with van der Waals surface area (Å²) in [6.45, 7) is 1.24. The van der Waals surface area contributed by atoms with Crippen LogP contribution in [0.3, 0.4) is 0 Å². The SMILES string of the molecule is CC(=O)N(C)CC(=O)NC(=O)Cc1ccccc1. The van der Waals surface area contributed by atoms with Gasteiger partial charge in [-0.1, -0.05) is 30.3 Å². The van der Waals surface area contributed by atoms with Crippen LogP contribution in [-0.2, 0) is 20.8 Å². The number of imide groups is 1. The van der Waals surface area contributed by atoms with Gasteiger partial charge in [0, 0.05) is 14.0 Å². The molecule has 0 radical (unpaired) electrons. The summed E-state index contributed by atoms with van der Waals surface area (Å²) in [6, 6.07) is 9.13. The second-order valence-corrected chi connectivity index (χ2v) is 4.01. The molecule has 0 saturated carbocycles. The molecule has 0 fully saturated rings. The summed E-state index contributed by atoms with van der Waals surface area (Å²) in [5.74, 6) is -1.07. The van der Waals surface area contributed by atoms with Gasteiger partial charge in [0.25, 0.3) is 0 Å². The van der Waals surface area contributed by atoms with Gasteiger partial charge < -0.3 is 4.90 Å². The Morgan fingerprint density at radius 3 is 2.28 bits per heavy atom. The summed E-state index contributed by atoms with van der Waals surface area (Å²) >= 11 is 0. The van der Waals surface area contributed by atoms with E-state index in [-0.39, 0.29) is 24.8 Å². The summed E-state index contributed by atoms with van der Waals surface area (Å²) in [5, 5.41) is 2.24. The fourth-order valence-electron chi connectivity index (χ4n) is 1.35. The predicted molar refractivity (Wildman–Crippen MR) is 66.6 cm³/mol. The number of likely N-dealkylation sites (N-methyl/N-ethyl adjacent to an activating group) is 1. The van der Waals surface area contributed by atoms with Gasteiger partial charge in [0.05, 0.1) is 13.0 Å². The largest absolute Gasteiger partial charge is 0.337 e. The third-order valence-corrected chi connectivity index (χ3v) is 2.40. The van der Waals surface area contributed by atoms with Gasteiger partial charge >= 0.3 is 0 Å². The van der Waals surface area contributed by atoms with E-state index in [4.69, 9.17) is 0 Å². The molecule has 0 saturated heterocycles. The van der Waals surface area contributed by atoms with Crippen LogP contribution in [0.1, 0.15) is 12.5 Å². The molecular formula is C13H16N2O3. The van der Waals surface area contributed by atoms with Crippen LogP contribution in [0.5, 0.6) is 0 Å². The number of carbonyl (C=O) groups is 3. The zero-order valence-electron chi connectivity index (χ0n) is 10.5. The molecule has 0 aliphatic heterocycles. The first-order valence-corrected chi connectivity index (χ1v) is 5.57. The van der Waals surface area contributed by atoms with E-state index in [1.165, 1.54) is 18.9 Å². The Labute approximate surface area is 106 Å². The molecule has 0 heterocycles. The van der Waals surface area contributed by atoms with Crippen molar-refractivity contribution >= 4 is 17.7 Å². The predicted octanol–water partition coefficient (Wildman–Crippen LogP) is 0.350. The number of hydrogen-bond donors (Lipinski definition) is 1. The topological polar surface area (TPSA) is 66.5 Å². The molecule has 96 valence electrons. The molecule has 0 aliphatic carbocycles. The highest BCUT2D eigenvalue weighted by atomic mass is 16.2. The Hall–Kier alpha value is -2.17. The van der Waals surface area contributed by atoms with Crippen LogP contribution in [0.2, 0.25) is 0 Å². The number of amides is 3. The number of nitrogens with zero attached hydrogens (tertiary/aromatic N) is 1. The van der Waals surface area contributed by atoms with Gasteiger partial charge in [-0.25, -0.2) is 0 Å². The Kier molecular flexibility index (Phi) is 5.05. The number of hydrogen-bond acceptors (Lipinski definition) is 3. The zero-order chi connectivity index (χ0) is 13.5. The Bertz CT molecular complexity index is 443. The minimum atomic E-state index is -0.478. The molecule has 0 aliphatic rings. The minimum Gasteiger partial charge on any atom is -0.337 e. The summed E-state index contributed by atoms with van der Waals surface area (Å²) in [5.41, 5.74) is 0.836. The second-order valence-electron chi connectivity index (χ2n) is 4.01. The molecule has 5 heteroatoms. The van der Waals surface area contributed by atoms with Crippen LogP contribution in [-0.4, -0.2) is 36.2 Å². The number of rotatable bonds is 4. The van der Waals surface area contributed by atoms with Crippen LogP contribution in [0.4, 0.5) is 0 Å². The quantitative estimate of drug-likeness (QED) is 0.836. The van der Waals surface area contributed by atoms with Crippen molar-refractivity contribution in [1.82, 2.24) is 10.2 Å². The highest BCUT2D eigenvalue weighted by Gasteiger charge is 2.12. The lowest BCUT2D eigenvalue weighted by molar-refractivity contribution is -0.136. The van der Waals surface area contributed by atoms with Crippen molar-refractivity contribution in [3.05, 3.63) is 35.9 Å². The number of benzene rings is 1. The lowest BCUT2D eigenvalue weighted by Gasteiger charge is -2.13. The van der Waals surface area contributed by atoms with Crippen molar-refractivity contribution in [2.75, 3.05) is 13.6 Å². The minimum absolute atomic E-state index is 0.115. The Morgan fingerprint density at radius 1 is 1.11 bits per heavy atom. The van der Waals surface area contributed by atoms with E-state index in [2.05, 4.69) is 5.32 Å². The Morgan fingerprint density at radius 2 is 1.72 bits per heavy atom. The van der Waals surface area contributed by atoms with Gasteiger partial charge in [0.2, 0.25) is 17.7 Å². The van der Waals surface area contributed by atoms with Crippen LogP contribution >= 0.6 is 0 Å². The van der Waals surface area contributed by atoms with Crippen molar-refractivity contribution in [3.8, 4) is 0 Å². The van der Waals surface area contributed by atoms with Gasteiger partial charge in [0.15, 0.2) is 0 Å². The van der Waals surface area contributed by atoms with Crippen molar-refractivity contribution in [1.29, 1.82) is 0 Å². The lowest BCUT2D eigenvalue weighted by atomic mass is 10.1. The standard InChI is InChI=1S/C13H16N2O3/c1-10(16)15(2)9-13(18)14-12(17)8-11-6-4-3-5-7-11/h3-7H,8-9H2,1-2H3,(H,14,17,18). The monoisotopic (exact) mass is 248 g/mol. The van der Waals surface area contributed by atoms with Gasteiger partial charge in [-0.2, -0.15) is 0 Å². The maximum atomic E-state index is 11.5. The first kappa shape index (κ1) is 13.9. The average Bonchev–Trinajstić information content (AvgIpc) is 2.29. The lowest BCUT2D eigenvalue weighted by Crippen LogP contribution is -2.40. The van der Waals surface area contributed by atoms with E-state index < -0.39 is 5.91 Å². The molecule has 0 unspecified atom stereocenters. The molecule has 3 amide bonds. The van der Waals surface area contributed by atoms with E-state index in [9.17, 15) is 14.4 Å². The van der Waals surface area contributed by atoms with Crippen molar-refractivity contribution < 1.29 is 14.4 Å². The second kappa shape index (κ2) is 6.54. The zero-order valence-corrected chi connectivity index (χ0v) is 10.5. The smallest absolute Gasteiger partial charge is 0.246 e. The Balaban J connectivity index is 2.41. The molecule has 1 aromatic rings. The van der Waals surface area contributed by atoms with E-state index in [0.29, 0.717) is 0 Å². The van der Waals surface area contributed by atoms with Crippen LogP contribution < -0.4 is 5.32 Å². The summed E-state index contributed by atoms with van der Waals surface area (Å²) in [4.78, 5) is 35.1. The highest BCUT2D eigenvalue weighted by molar-refractivity contribution is 5.97. The van der Waals surface area contributed by atoms with E-state index >= 15 is 0 Å². The summed E-state index contributed by atoms with van der Waals surface area (Å²) in [7, 11) is 1.50. The van der Waals surface area contributed by atoms with E-state index in [0.717, 1.165) is 5.56 Å². The van der Waals surface area contributed by atoms with E-state index in [1.807, 2.05) is 30.3 Å². The average molecular weight is 248 g/mol. The first-order valence-electron chi connectivity index (χ1n) is 5.57. The molecule has 1 aromatic carbocycles. The van der Waals surface area contributed by atoms with Gasteiger partial charge in [0.1, 0.15) is 0 Å². The van der Waals surface area contributed by atoms with Crippen LogP contribution in [0.25, 0.3) is 0 Å². The maximum Gasteiger partial charge on any atom is 0.246 e. The molecule has 0 bridgehead atoms. The fraction of sp³-hybridized carbons (Fsp3) is 0.308. The highest BCUT2D eigenvalue weighted by Crippen LogP contribution is 1.99. The van der Waals surface area contributed by atoms with Crippen molar-refractivity contribution in [3.63, 3.8) is 0 Å². The van der Waals surface area contributed by atoms with Crippen LogP contribution in [0, 0.1) is 0 Å². The maximum absolute atomic E-state index is 11.5. The number of nitrogens with one attached hydrogen (secondary N) is 1. The molecule has 0 atom stereocenters. The summed E-state index contributed by atoms with van der Waals surface area (Å²) in [6.07, 6.45) is 0.149. The van der Waals surface area contributed by atoms with Crippen LogP contribution in [0.15, 0.2) is 30.3 Å². The molecule has 1 N–H and O–H groups in total. The third-order valence-electron chi connectivity index (χ3n) is 2.40. The summed E-state index contributed by atoms with van der Waals surface area (Å²) < 4.78 is 0. The molecule has 0 aromatic heterocycles. The molecule has 1 rings (SSSR count). The normalized spacial score (nSPS) is 9.67. The molecule has 18 heavy (non-hydrogen) atoms. The molecule has 0 spiro atoms. The first-order chi connectivity index (χ1) is 8.49. The third kappa shape index (κ3) is 4.78. The van der Waals surface area contributed by atoms with Gasteiger partial charge in [-0.05, 0) is 5.56 Å². The molecule has 5 nitrogen and oxygen atoms in total. The van der Waals surface area contributed by atoms with Crippen molar-refractivity contribution in [2.24, 2.45) is 0 Å². The van der Waals surface area contributed by atoms with Crippen molar-refractivity contribution in [2.45, 2.75) is 13.3 Å².